The van der Waals surface area contributed by atoms with Crippen molar-refractivity contribution >= 4 is 0 Å². The molecule has 82 valence electrons. The van der Waals surface area contributed by atoms with Crippen molar-refractivity contribution in [2.75, 3.05) is 6.61 Å². The van der Waals surface area contributed by atoms with E-state index in [0.717, 1.165) is 30.6 Å². The van der Waals surface area contributed by atoms with Crippen molar-refractivity contribution in [2.24, 2.45) is 0 Å². The minimum absolute atomic E-state index is 0.235. The predicted molar refractivity (Wildman–Crippen MR) is 56.4 cm³/mol. The van der Waals surface area contributed by atoms with Crippen molar-refractivity contribution < 1.29 is 14.9 Å². The predicted octanol–water partition coefficient (Wildman–Crippen LogP) is 2.39. The molecule has 0 bridgehead atoms. The third-order valence-electron chi connectivity index (χ3n) is 2.83. The summed E-state index contributed by atoms with van der Waals surface area (Å²) >= 11 is 0. The van der Waals surface area contributed by atoms with Crippen molar-refractivity contribution in [1.82, 2.24) is 0 Å². The van der Waals surface area contributed by atoms with E-state index in [9.17, 15) is 0 Å². The van der Waals surface area contributed by atoms with Gasteiger partial charge in [0.2, 0.25) is 0 Å². The summed E-state index contributed by atoms with van der Waals surface area (Å²) in [7, 11) is 0. The second kappa shape index (κ2) is 4.21. The highest BCUT2D eigenvalue weighted by Crippen LogP contribution is 2.42. The van der Waals surface area contributed by atoms with Crippen LogP contribution >= 0.6 is 0 Å². The summed E-state index contributed by atoms with van der Waals surface area (Å²) in [6.45, 7) is 2.26. The first kappa shape index (κ1) is 10.5. The third-order valence-corrected chi connectivity index (χ3v) is 2.83. The van der Waals surface area contributed by atoms with Crippen LogP contribution in [0, 0.1) is 0 Å². The van der Waals surface area contributed by atoms with Crippen LogP contribution in [-0.2, 0) is 10.5 Å². The van der Waals surface area contributed by atoms with Gasteiger partial charge in [0.1, 0.15) is 5.60 Å². The lowest BCUT2D eigenvalue weighted by Gasteiger charge is -2.20. The second-order valence-corrected chi connectivity index (χ2v) is 4.07. The number of rotatable bonds is 4. The van der Waals surface area contributed by atoms with Crippen LogP contribution in [0.15, 0.2) is 24.3 Å². The molecule has 2 rings (SSSR count). The SMILES string of the molecule is CC1(CCCCO)OOc2ccccc21. The van der Waals surface area contributed by atoms with E-state index in [0.29, 0.717) is 0 Å². The fourth-order valence-corrected chi connectivity index (χ4v) is 1.91. The highest BCUT2D eigenvalue weighted by molar-refractivity contribution is 5.39. The van der Waals surface area contributed by atoms with Gasteiger partial charge in [0.25, 0.3) is 0 Å². The number of unbranched alkanes of at least 4 members (excludes halogenated alkanes) is 1. The van der Waals surface area contributed by atoms with Gasteiger partial charge in [-0.2, -0.15) is 4.89 Å². The Bertz CT molecular complexity index is 337. The number of fused-ring (bicyclic) bond motifs is 1. The van der Waals surface area contributed by atoms with E-state index < -0.39 is 0 Å². The van der Waals surface area contributed by atoms with Crippen molar-refractivity contribution in [3.63, 3.8) is 0 Å². The van der Waals surface area contributed by atoms with Gasteiger partial charge in [-0.3, -0.25) is 0 Å². The van der Waals surface area contributed by atoms with E-state index in [1.165, 1.54) is 0 Å². The Hall–Kier alpha value is -1.06. The lowest BCUT2D eigenvalue weighted by Crippen LogP contribution is -2.21. The minimum Gasteiger partial charge on any atom is -0.396 e. The van der Waals surface area contributed by atoms with Crippen molar-refractivity contribution in [2.45, 2.75) is 31.8 Å². The lowest BCUT2D eigenvalue weighted by molar-refractivity contribution is -0.269. The Labute approximate surface area is 89.6 Å². The first-order valence-electron chi connectivity index (χ1n) is 5.32. The standard InChI is InChI=1S/C12H16O3/c1-12(8-4-5-9-13)10-6-2-3-7-11(10)14-15-12/h2-3,6-7,13H,4-5,8-9H2,1H3. The quantitative estimate of drug-likeness (QED) is 0.610. The molecular weight excluding hydrogens is 192 g/mol. The molecule has 1 N–H and O–H groups in total. The molecule has 1 unspecified atom stereocenters. The van der Waals surface area contributed by atoms with Gasteiger partial charge < -0.3 is 9.99 Å². The molecule has 3 nitrogen and oxygen atoms in total. The summed E-state index contributed by atoms with van der Waals surface area (Å²) in [6.07, 6.45) is 2.61. The van der Waals surface area contributed by atoms with Gasteiger partial charge in [-0.1, -0.05) is 18.2 Å². The van der Waals surface area contributed by atoms with Crippen LogP contribution in [0.5, 0.6) is 5.75 Å². The molecular formula is C12H16O3. The Morgan fingerprint density at radius 2 is 2.07 bits per heavy atom. The highest BCUT2D eigenvalue weighted by Gasteiger charge is 2.37. The maximum Gasteiger partial charge on any atom is 0.171 e. The average molecular weight is 208 g/mol. The first-order valence-corrected chi connectivity index (χ1v) is 5.32. The van der Waals surface area contributed by atoms with Gasteiger partial charge in [0.15, 0.2) is 5.75 Å². The molecule has 0 amide bonds. The molecule has 0 saturated carbocycles. The molecule has 1 aromatic rings. The van der Waals surface area contributed by atoms with E-state index in [2.05, 4.69) is 0 Å². The van der Waals surface area contributed by atoms with E-state index >= 15 is 0 Å². The smallest absolute Gasteiger partial charge is 0.171 e. The zero-order chi connectivity index (χ0) is 10.7. The fraction of sp³-hybridized carbons (Fsp3) is 0.500. The third kappa shape index (κ3) is 1.98. The van der Waals surface area contributed by atoms with Crippen LogP contribution in [0.2, 0.25) is 0 Å². The molecule has 0 spiro atoms. The van der Waals surface area contributed by atoms with Crippen LogP contribution in [-0.4, -0.2) is 11.7 Å². The van der Waals surface area contributed by atoms with Crippen LogP contribution in [0.4, 0.5) is 0 Å². The summed E-state index contributed by atoms with van der Waals surface area (Å²) in [5.41, 5.74) is 0.745. The van der Waals surface area contributed by atoms with E-state index in [-0.39, 0.29) is 12.2 Å². The zero-order valence-corrected chi connectivity index (χ0v) is 8.90. The van der Waals surface area contributed by atoms with E-state index in [1.54, 1.807) is 0 Å². The molecule has 3 heteroatoms. The van der Waals surface area contributed by atoms with Crippen LogP contribution in [0.1, 0.15) is 31.7 Å². The molecule has 0 saturated heterocycles. The number of hydrogen-bond acceptors (Lipinski definition) is 3. The summed E-state index contributed by atoms with van der Waals surface area (Å²) in [5, 5.41) is 8.75. The van der Waals surface area contributed by atoms with Gasteiger partial charge in [0.05, 0.1) is 0 Å². The Morgan fingerprint density at radius 3 is 2.87 bits per heavy atom. The summed E-state index contributed by atoms with van der Waals surface area (Å²) < 4.78 is 0. The molecule has 1 aliphatic rings. The molecule has 1 aliphatic heterocycles. The summed E-state index contributed by atoms with van der Waals surface area (Å²) in [5.74, 6) is 0.809. The van der Waals surface area contributed by atoms with Crippen molar-refractivity contribution in [1.29, 1.82) is 0 Å². The van der Waals surface area contributed by atoms with Crippen molar-refractivity contribution in [3.8, 4) is 5.75 Å². The van der Waals surface area contributed by atoms with Crippen LogP contribution in [0.3, 0.4) is 0 Å². The molecule has 1 heterocycles. The molecule has 1 aromatic carbocycles. The van der Waals surface area contributed by atoms with Gasteiger partial charge >= 0.3 is 0 Å². The average Bonchev–Trinajstić information content (AvgIpc) is 2.59. The monoisotopic (exact) mass is 208 g/mol. The molecule has 0 aromatic heterocycles. The fourth-order valence-electron chi connectivity index (χ4n) is 1.91. The molecule has 0 fully saturated rings. The maximum absolute atomic E-state index is 8.75. The number of benzene rings is 1. The molecule has 15 heavy (non-hydrogen) atoms. The minimum atomic E-state index is -0.355. The Kier molecular flexibility index (Phi) is 2.93. The van der Waals surface area contributed by atoms with Crippen LogP contribution in [0.25, 0.3) is 0 Å². The molecule has 1 atom stereocenters. The lowest BCUT2D eigenvalue weighted by atomic mass is 9.90. The van der Waals surface area contributed by atoms with Crippen molar-refractivity contribution in [3.05, 3.63) is 29.8 Å². The zero-order valence-electron chi connectivity index (χ0n) is 8.90. The van der Waals surface area contributed by atoms with Gasteiger partial charge in [-0.05, 0) is 32.3 Å². The summed E-state index contributed by atoms with van der Waals surface area (Å²) in [4.78, 5) is 10.6. The Balaban J connectivity index is 2.10. The normalized spacial score (nSPS) is 23.6. The van der Waals surface area contributed by atoms with Gasteiger partial charge in [-0.25, -0.2) is 0 Å². The van der Waals surface area contributed by atoms with Crippen LogP contribution < -0.4 is 4.89 Å². The van der Waals surface area contributed by atoms with Gasteiger partial charge in [0, 0.05) is 12.2 Å². The highest BCUT2D eigenvalue weighted by atomic mass is 17.2. The topological polar surface area (TPSA) is 38.7 Å². The summed E-state index contributed by atoms with van der Waals surface area (Å²) in [6, 6.07) is 7.86. The number of aliphatic hydroxyl groups is 1. The van der Waals surface area contributed by atoms with Gasteiger partial charge in [-0.15, -0.1) is 0 Å². The number of aliphatic hydroxyl groups excluding tert-OH is 1. The van der Waals surface area contributed by atoms with E-state index in [1.807, 2.05) is 31.2 Å². The van der Waals surface area contributed by atoms with E-state index in [4.69, 9.17) is 14.9 Å². The first-order chi connectivity index (χ1) is 7.26. The maximum atomic E-state index is 8.75. The number of para-hydroxylation sites is 1. The molecule has 0 radical (unpaired) electrons. The Morgan fingerprint density at radius 1 is 1.27 bits per heavy atom. The largest absolute Gasteiger partial charge is 0.396 e. The molecule has 0 aliphatic carbocycles. The number of hydrogen-bond donors (Lipinski definition) is 1. The second-order valence-electron chi connectivity index (χ2n) is 4.07.